The Morgan fingerprint density at radius 3 is 2.44 bits per heavy atom. The molecule has 3 nitrogen and oxygen atoms in total. The van der Waals surface area contributed by atoms with E-state index in [1.165, 1.54) is 18.4 Å². The molecule has 1 N–H and O–H groups in total. The Hall–Kier alpha value is -1.74. The number of rotatable bonds is 6. The second-order valence-corrected chi connectivity index (χ2v) is 7.05. The molecule has 1 fully saturated rings. The number of hydrogen-bond donors (Lipinski definition) is 1. The lowest BCUT2D eigenvalue weighted by molar-refractivity contribution is 0.340. The number of aryl methyl sites for hydroxylation is 1. The number of nitrogens with zero attached hydrogens (tertiary/aromatic N) is 1. The third kappa shape index (κ3) is 4.46. The summed E-state index contributed by atoms with van der Waals surface area (Å²) < 4.78 is 5.53. The predicted octanol–water partition coefficient (Wildman–Crippen LogP) is 5.83. The number of anilines is 1. The van der Waals surface area contributed by atoms with Crippen molar-refractivity contribution in [3.63, 3.8) is 0 Å². The molecule has 4 heteroatoms. The van der Waals surface area contributed by atoms with E-state index in [1.807, 2.05) is 19.2 Å². The van der Waals surface area contributed by atoms with E-state index < -0.39 is 0 Å². The number of halogens is 1. The van der Waals surface area contributed by atoms with Crippen molar-refractivity contribution < 1.29 is 4.74 Å². The van der Waals surface area contributed by atoms with Gasteiger partial charge in [0.2, 0.25) is 0 Å². The zero-order chi connectivity index (χ0) is 17.6. The summed E-state index contributed by atoms with van der Waals surface area (Å²) in [5, 5.41) is 4.41. The molecule has 0 spiro atoms. The third-order valence-electron chi connectivity index (χ3n) is 5.05. The zero-order valence-corrected chi connectivity index (χ0v) is 15.9. The van der Waals surface area contributed by atoms with Crippen molar-refractivity contribution in [2.45, 2.75) is 57.9 Å². The van der Waals surface area contributed by atoms with E-state index in [-0.39, 0.29) is 0 Å². The molecule has 25 heavy (non-hydrogen) atoms. The van der Waals surface area contributed by atoms with Crippen LogP contribution in [0.3, 0.4) is 0 Å². The predicted molar refractivity (Wildman–Crippen MR) is 105 cm³/mol. The average Bonchev–Trinajstić information content (AvgIpc) is 2.65. The Kier molecular flexibility index (Phi) is 6.19. The minimum Gasteiger partial charge on any atom is -0.494 e. The highest BCUT2D eigenvalue weighted by Crippen LogP contribution is 2.35. The molecule has 0 unspecified atom stereocenters. The van der Waals surface area contributed by atoms with Gasteiger partial charge in [0.05, 0.1) is 23.0 Å². The average molecular weight is 359 g/mol. The number of benzene rings is 1. The highest BCUT2D eigenvalue weighted by Gasteiger charge is 2.23. The molecule has 1 aromatic carbocycles. The highest BCUT2D eigenvalue weighted by atomic mass is 35.5. The molecule has 0 radical (unpaired) electrons. The molecule has 0 amide bonds. The highest BCUT2D eigenvalue weighted by molar-refractivity contribution is 6.33. The van der Waals surface area contributed by atoms with E-state index in [9.17, 15) is 0 Å². The van der Waals surface area contributed by atoms with Crippen LogP contribution in [-0.4, -0.2) is 17.6 Å². The molecule has 3 rings (SSSR count). The van der Waals surface area contributed by atoms with Gasteiger partial charge in [0, 0.05) is 12.2 Å². The van der Waals surface area contributed by atoms with Crippen LogP contribution in [0, 0.1) is 0 Å². The lowest BCUT2D eigenvalue weighted by atomic mass is 9.81. The SMILES string of the molecule is CCOc1ccc([C@H]2CC[C@@H](Nc3ccnc(CC)c3Cl)CC2)cc1. The molecule has 0 aliphatic heterocycles. The van der Waals surface area contributed by atoms with Crippen LogP contribution in [0.15, 0.2) is 36.5 Å². The second-order valence-electron chi connectivity index (χ2n) is 6.67. The molecule has 1 heterocycles. The fourth-order valence-corrected chi connectivity index (χ4v) is 3.94. The first-order chi connectivity index (χ1) is 12.2. The first-order valence-corrected chi connectivity index (χ1v) is 9.71. The third-order valence-corrected chi connectivity index (χ3v) is 5.47. The molecular weight excluding hydrogens is 332 g/mol. The maximum absolute atomic E-state index is 6.46. The summed E-state index contributed by atoms with van der Waals surface area (Å²) in [6.07, 6.45) is 7.44. The van der Waals surface area contributed by atoms with Crippen molar-refractivity contribution in [2.75, 3.05) is 11.9 Å². The number of ether oxygens (including phenoxy) is 1. The van der Waals surface area contributed by atoms with Crippen molar-refractivity contribution in [1.29, 1.82) is 0 Å². The van der Waals surface area contributed by atoms with E-state index in [0.29, 0.717) is 18.6 Å². The van der Waals surface area contributed by atoms with Crippen LogP contribution in [0.2, 0.25) is 5.02 Å². The van der Waals surface area contributed by atoms with Crippen LogP contribution in [0.25, 0.3) is 0 Å². The van der Waals surface area contributed by atoms with Gasteiger partial charge in [-0.3, -0.25) is 4.98 Å². The van der Waals surface area contributed by atoms with Gasteiger partial charge in [0.1, 0.15) is 5.75 Å². The van der Waals surface area contributed by atoms with Crippen molar-refractivity contribution in [1.82, 2.24) is 4.98 Å². The van der Waals surface area contributed by atoms with Crippen molar-refractivity contribution in [3.05, 3.63) is 52.8 Å². The van der Waals surface area contributed by atoms with E-state index in [2.05, 4.69) is 41.5 Å². The molecule has 2 aromatic rings. The summed E-state index contributed by atoms with van der Waals surface area (Å²) in [5.74, 6) is 1.61. The minimum absolute atomic E-state index is 0.489. The molecule has 134 valence electrons. The van der Waals surface area contributed by atoms with E-state index in [4.69, 9.17) is 16.3 Å². The zero-order valence-electron chi connectivity index (χ0n) is 15.1. The van der Waals surface area contributed by atoms with Gasteiger partial charge in [-0.05, 0) is 68.7 Å². The Bertz CT molecular complexity index is 679. The first-order valence-electron chi connectivity index (χ1n) is 9.34. The largest absolute Gasteiger partial charge is 0.494 e. The Morgan fingerprint density at radius 1 is 1.08 bits per heavy atom. The number of hydrogen-bond acceptors (Lipinski definition) is 3. The Balaban J connectivity index is 1.57. The fraction of sp³-hybridized carbons (Fsp3) is 0.476. The molecule has 0 atom stereocenters. The summed E-state index contributed by atoms with van der Waals surface area (Å²) >= 11 is 6.46. The van der Waals surface area contributed by atoms with Crippen LogP contribution in [-0.2, 0) is 6.42 Å². The lowest BCUT2D eigenvalue weighted by Crippen LogP contribution is -2.25. The lowest BCUT2D eigenvalue weighted by Gasteiger charge is -2.30. The van der Waals surface area contributed by atoms with E-state index >= 15 is 0 Å². The molecule has 1 aliphatic rings. The fourth-order valence-electron chi connectivity index (χ4n) is 3.64. The molecule has 1 aliphatic carbocycles. The van der Waals surface area contributed by atoms with Crippen LogP contribution in [0.1, 0.15) is 56.7 Å². The molecule has 1 aromatic heterocycles. The first kappa shape index (κ1) is 18.1. The summed E-state index contributed by atoms with van der Waals surface area (Å²) in [6.45, 7) is 4.81. The Morgan fingerprint density at radius 2 is 1.80 bits per heavy atom. The Labute approximate surface area is 155 Å². The monoisotopic (exact) mass is 358 g/mol. The van der Waals surface area contributed by atoms with Crippen LogP contribution in [0.4, 0.5) is 5.69 Å². The van der Waals surface area contributed by atoms with E-state index in [1.54, 1.807) is 0 Å². The van der Waals surface area contributed by atoms with Gasteiger partial charge < -0.3 is 10.1 Å². The van der Waals surface area contributed by atoms with Gasteiger partial charge in [-0.15, -0.1) is 0 Å². The topological polar surface area (TPSA) is 34.1 Å². The van der Waals surface area contributed by atoms with Crippen molar-refractivity contribution in [2.24, 2.45) is 0 Å². The van der Waals surface area contributed by atoms with Gasteiger partial charge in [-0.1, -0.05) is 30.7 Å². The van der Waals surface area contributed by atoms with Crippen LogP contribution in [0.5, 0.6) is 5.75 Å². The van der Waals surface area contributed by atoms with Crippen molar-refractivity contribution in [3.8, 4) is 5.75 Å². The summed E-state index contributed by atoms with van der Waals surface area (Å²) in [5.41, 5.74) is 3.42. The maximum Gasteiger partial charge on any atom is 0.119 e. The van der Waals surface area contributed by atoms with Gasteiger partial charge in [-0.2, -0.15) is 0 Å². The number of nitrogens with one attached hydrogen (secondary N) is 1. The number of pyridine rings is 1. The number of aromatic nitrogens is 1. The smallest absolute Gasteiger partial charge is 0.119 e. The summed E-state index contributed by atoms with van der Waals surface area (Å²) in [4.78, 5) is 4.34. The van der Waals surface area contributed by atoms with Crippen LogP contribution < -0.4 is 10.1 Å². The van der Waals surface area contributed by atoms with Gasteiger partial charge >= 0.3 is 0 Å². The quantitative estimate of drug-likeness (QED) is 0.704. The van der Waals surface area contributed by atoms with Gasteiger partial charge in [0.15, 0.2) is 0 Å². The van der Waals surface area contributed by atoms with Gasteiger partial charge in [0.25, 0.3) is 0 Å². The molecule has 0 saturated heterocycles. The second kappa shape index (κ2) is 8.57. The summed E-state index contributed by atoms with van der Waals surface area (Å²) in [6, 6.07) is 11.1. The molecule has 1 saturated carbocycles. The minimum atomic E-state index is 0.489. The van der Waals surface area contributed by atoms with Crippen molar-refractivity contribution >= 4 is 17.3 Å². The molecular formula is C21H27ClN2O. The summed E-state index contributed by atoms with van der Waals surface area (Å²) in [7, 11) is 0. The molecule has 0 bridgehead atoms. The normalized spacial score (nSPS) is 20.3. The maximum atomic E-state index is 6.46. The van der Waals surface area contributed by atoms with E-state index in [0.717, 1.165) is 41.4 Å². The van der Waals surface area contributed by atoms with Crippen LogP contribution >= 0.6 is 11.6 Å². The van der Waals surface area contributed by atoms with Gasteiger partial charge in [-0.25, -0.2) is 0 Å². The standard InChI is InChI=1S/C21H27ClN2O/c1-3-19-21(22)20(13-14-23-19)24-17-9-5-15(6-10-17)16-7-11-18(12-8-16)25-4-2/h7-8,11-15,17H,3-6,9-10H2,1-2H3,(H,23,24)/t15-,17+.